The van der Waals surface area contributed by atoms with Gasteiger partial charge >= 0.3 is 0 Å². The Labute approximate surface area is 180 Å². The van der Waals surface area contributed by atoms with Gasteiger partial charge in [-0.05, 0) is 24.3 Å². The van der Waals surface area contributed by atoms with Gasteiger partial charge in [-0.2, -0.15) is 0 Å². The first-order valence-electron chi connectivity index (χ1n) is 9.96. The summed E-state index contributed by atoms with van der Waals surface area (Å²) in [5.41, 5.74) is 1.78. The number of carbonyl (C=O) groups is 1. The Morgan fingerprint density at radius 1 is 1.27 bits per heavy atom. The van der Waals surface area contributed by atoms with Gasteiger partial charge in [0.05, 0.1) is 22.6 Å². The van der Waals surface area contributed by atoms with Crippen molar-refractivity contribution in [1.29, 1.82) is 0 Å². The smallest absolute Gasteiger partial charge is 0.223 e. The van der Waals surface area contributed by atoms with Gasteiger partial charge in [-0.1, -0.05) is 41.9 Å². The molecule has 0 bridgehead atoms. The molecule has 0 aliphatic carbocycles. The number of nitrogens with zero attached hydrogens (tertiary/aromatic N) is 3. The van der Waals surface area contributed by atoms with Crippen molar-refractivity contribution >= 4 is 28.5 Å². The van der Waals surface area contributed by atoms with Crippen molar-refractivity contribution in [3.63, 3.8) is 0 Å². The molecule has 1 fully saturated rings. The fraction of sp³-hybridized carbons (Fsp3) is 0.304. The molecule has 1 aliphatic rings. The number of hydrogen-bond acceptors (Lipinski definition) is 4. The summed E-state index contributed by atoms with van der Waals surface area (Å²) in [5, 5.41) is 11.2. The molecule has 4 rings (SSSR count). The van der Waals surface area contributed by atoms with Gasteiger partial charge in [-0.3, -0.25) is 4.79 Å². The van der Waals surface area contributed by atoms with Gasteiger partial charge in [0, 0.05) is 25.4 Å². The SMILES string of the molecule is C=CCN1C[C@@H](c2nc3ccccc3n2C[C@@H](O)COc2ccccc2Cl)CC1=O. The standard InChI is InChI=1S/C23H24ClN3O3/c1-2-11-26-13-16(12-22(26)29)23-25-19-8-4-5-9-20(19)27(23)14-17(28)15-30-21-10-6-3-7-18(21)24/h2-10,16-17,28H,1,11-15H2/t16-,17+/m0/s1. The Bertz CT molecular complexity index is 1060. The number of benzene rings is 2. The number of amides is 1. The largest absolute Gasteiger partial charge is 0.489 e. The summed E-state index contributed by atoms with van der Waals surface area (Å²) in [4.78, 5) is 18.9. The molecule has 1 aliphatic heterocycles. The molecule has 0 saturated carbocycles. The summed E-state index contributed by atoms with van der Waals surface area (Å²) < 4.78 is 7.71. The third kappa shape index (κ3) is 4.20. The van der Waals surface area contributed by atoms with Crippen molar-refractivity contribution in [2.75, 3.05) is 19.7 Å². The number of aliphatic hydroxyl groups excluding tert-OH is 1. The lowest BCUT2D eigenvalue weighted by Gasteiger charge is -2.18. The second-order valence-electron chi connectivity index (χ2n) is 7.45. The van der Waals surface area contributed by atoms with Crippen LogP contribution in [-0.2, 0) is 11.3 Å². The van der Waals surface area contributed by atoms with Gasteiger partial charge in [0.2, 0.25) is 5.91 Å². The van der Waals surface area contributed by atoms with Crippen LogP contribution in [0.2, 0.25) is 5.02 Å². The van der Waals surface area contributed by atoms with Crippen LogP contribution in [-0.4, -0.2) is 51.3 Å². The highest BCUT2D eigenvalue weighted by Gasteiger charge is 2.33. The maximum absolute atomic E-state index is 12.3. The van der Waals surface area contributed by atoms with Crippen LogP contribution in [0.25, 0.3) is 11.0 Å². The zero-order chi connectivity index (χ0) is 21.1. The molecular weight excluding hydrogens is 402 g/mol. The normalized spacial score (nSPS) is 17.5. The molecule has 1 amide bonds. The molecule has 1 saturated heterocycles. The van der Waals surface area contributed by atoms with Crippen LogP contribution in [0.3, 0.4) is 0 Å². The van der Waals surface area contributed by atoms with Crippen molar-refractivity contribution in [2.45, 2.75) is 25.0 Å². The summed E-state index contributed by atoms with van der Waals surface area (Å²) in [6, 6.07) is 15.0. The lowest BCUT2D eigenvalue weighted by atomic mass is 10.1. The van der Waals surface area contributed by atoms with Crippen molar-refractivity contribution in [3.8, 4) is 5.75 Å². The maximum atomic E-state index is 12.3. The summed E-state index contributed by atoms with van der Waals surface area (Å²) in [7, 11) is 0. The maximum Gasteiger partial charge on any atom is 0.223 e. The number of para-hydroxylation sites is 3. The van der Waals surface area contributed by atoms with Gasteiger partial charge in [0.1, 0.15) is 24.3 Å². The van der Waals surface area contributed by atoms with E-state index in [4.69, 9.17) is 21.3 Å². The molecule has 30 heavy (non-hydrogen) atoms. The number of rotatable bonds is 8. The van der Waals surface area contributed by atoms with Crippen molar-refractivity contribution in [3.05, 3.63) is 72.0 Å². The minimum absolute atomic E-state index is 0.0264. The number of hydrogen-bond donors (Lipinski definition) is 1. The van der Waals surface area contributed by atoms with Gasteiger partial charge in [0.25, 0.3) is 0 Å². The second kappa shape index (κ2) is 8.90. The lowest BCUT2D eigenvalue weighted by molar-refractivity contribution is -0.127. The summed E-state index contributed by atoms with van der Waals surface area (Å²) in [6.45, 7) is 5.27. The molecule has 2 aromatic carbocycles. The molecule has 0 spiro atoms. The summed E-state index contributed by atoms with van der Waals surface area (Å²) >= 11 is 6.13. The molecule has 6 nitrogen and oxygen atoms in total. The van der Waals surface area contributed by atoms with Crippen molar-refractivity contribution in [1.82, 2.24) is 14.5 Å². The highest BCUT2D eigenvalue weighted by atomic mass is 35.5. The number of carbonyl (C=O) groups excluding carboxylic acids is 1. The number of fused-ring (bicyclic) bond motifs is 1. The Morgan fingerprint density at radius 2 is 2.03 bits per heavy atom. The van der Waals surface area contributed by atoms with Gasteiger partial charge in [-0.15, -0.1) is 6.58 Å². The number of aromatic nitrogens is 2. The molecule has 3 aromatic rings. The molecule has 1 aromatic heterocycles. The Kier molecular flexibility index (Phi) is 6.06. The van der Waals surface area contributed by atoms with Crippen LogP contribution in [0.4, 0.5) is 0 Å². The zero-order valence-corrected chi connectivity index (χ0v) is 17.3. The third-order valence-corrected chi connectivity index (χ3v) is 5.59. The van der Waals surface area contributed by atoms with Gasteiger partial charge < -0.3 is 19.3 Å². The molecule has 0 radical (unpaired) electrons. The predicted molar refractivity (Wildman–Crippen MR) is 117 cm³/mol. The molecule has 156 valence electrons. The van der Waals surface area contributed by atoms with E-state index in [1.165, 1.54) is 0 Å². The van der Waals surface area contributed by atoms with Crippen LogP contribution in [0.1, 0.15) is 18.2 Å². The first-order chi connectivity index (χ1) is 14.6. The number of likely N-dealkylation sites (tertiary alicyclic amines) is 1. The van der Waals surface area contributed by atoms with E-state index in [2.05, 4.69) is 6.58 Å². The van der Waals surface area contributed by atoms with E-state index in [-0.39, 0.29) is 18.4 Å². The van der Waals surface area contributed by atoms with Crippen LogP contribution in [0.5, 0.6) is 5.75 Å². The number of aliphatic hydroxyl groups is 1. The molecule has 2 atom stereocenters. The first kappa shape index (κ1) is 20.4. The van der Waals surface area contributed by atoms with Crippen LogP contribution >= 0.6 is 11.6 Å². The minimum atomic E-state index is -0.765. The quantitative estimate of drug-likeness (QED) is 0.559. The Balaban J connectivity index is 1.55. The van der Waals surface area contributed by atoms with Crippen molar-refractivity contribution in [2.24, 2.45) is 0 Å². The first-order valence-corrected chi connectivity index (χ1v) is 10.3. The molecular formula is C23H24ClN3O3. The van der Waals surface area contributed by atoms with Crippen LogP contribution in [0.15, 0.2) is 61.2 Å². The lowest BCUT2D eigenvalue weighted by Crippen LogP contribution is -2.26. The summed E-state index contributed by atoms with van der Waals surface area (Å²) in [6.07, 6.45) is 1.38. The van der Waals surface area contributed by atoms with Gasteiger partial charge in [0.15, 0.2) is 0 Å². The second-order valence-corrected chi connectivity index (χ2v) is 7.86. The van der Waals surface area contributed by atoms with E-state index in [9.17, 15) is 9.90 Å². The minimum Gasteiger partial charge on any atom is -0.489 e. The van der Waals surface area contributed by atoms with E-state index < -0.39 is 6.10 Å². The fourth-order valence-electron chi connectivity index (χ4n) is 3.89. The molecule has 1 N–H and O–H groups in total. The average Bonchev–Trinajstić information content (AvgIpc) is 3.28. The Hall–Kier alpha value is -2.83. The number of imidazole rings is 1. The van der Waals surface area contributed by atoms with Crippen LogP contribution < -0.4 is 4.74 Å². The molecule has 0 unspecified atom stereocenters. The van der Waals surface area contributed by atoms with Gasteiger partial charge in [-0.25, -0.2) is 4.98 Å². The average molecular weight is 426 g/mol. The van der Waals surface area contributed by atoms with E-state index >= 15 is 0 Å². The monoisotopic (exact) mass is 425 g/mol. The Morgan fingerprint density at radius 3 is 2.83 bits per heavy atom. The van der Waals surface area contributed by atoms with Crippen molar-refractivity contribution < 1.29 is 14.6 Å². The number of ether oxygens (including phenoxy) is 1. The van der Waals surface area contributed by atoms with E-state index in [1.807, 2.05) is 41.0 Å². The zero-order valence-electron chi connectivity index (χ0n) is 16.6. The fourth-order valence-corrected chi connectivity index (χ4v) is 4.08. The topological polar surface area (TPSA) is 67.6 Å². The predicted octanol–water partition coefficient (Wildman–Crippen LogP) is 3.63. The highest BCUT2D eigenvalue weighted by Crippen LogP contribution is 2.31. The van der Waals surface area contributed by atoms with Crippen LogP contribution in [0, 0.1) is 0 Å². The number of halogens is 1. The summed E-state index contributed by atoms with van der Waals surface area (Å²) in [5.74, 6) is 1.42. The van der Waals surface area contributed by atoms with E-state index in [0.717, 1.165) is 16.9 Å². The molecule has 2 heterocycles. The molecule has 7 heteroatoms. The third-order valence-electron chi connectivity index (χ3n) is 5.27. The highest BCUT2D eigenvalue weighted by molar-refractivity contribution is 6.32. The van der Waals surface area contributed by atoms with E-state index in [0.29, 0.717) is 36.8 Å². The van der Waals surface area contributed by atoms with E-state index in [1.54, 1.807) is 23.1 Å².